The highest BCUT2D eigenvalue weighted by Gasteiger charge is 2.61. The number of fused-ring (bicyclic) bond motifs is 5. The van der Waals surface area contributed by atoms with Crippen LogP contribution in [0, 0.1) is 58.2 Å². The number of aliphatic hydroxyl groups is 1. The Balaban J connectivity index is 1.55. The summed E-state index contributed by atoms with van der Waals surface area (Å²) in [5.74, 6) is 7.71. The van der Waals surface area contributed by atoms with Crippen molar-refractivity contribution in [3.05, 3.63) is 12.3 Å². The summed E-state index contributed by atoms with van der Waals surface area (Å²) in [6.07, 6.45) is 13.7. The standard InChI is InChI=1S/C27H46O/c1-17-11-13-26(5)21(15-17)16-19(3)25-23-10-9-22(18(2)7-8-20(4)28)27(23,6)14-12-24(25)26/h17-19,21-25,28H,4,7-16H2,1-3,5-6H3. The maximum atomic E-state index is 9.59. The maximum Gasteiger partial charge on any atom is 0.0851 e. The first-order valence-electron chi connectivity index (χ1n) is 12.5. The number of aliphatic hydroxyl groups excluding tert-OH is 1. The fraction of sp³-hybridized carbons (Fsp3) is 0.926. The number of allylic oxidation sites excluding steroid dienone is 1. The Labute approximate surface area is 174 Å². The Bertz CT molecular complexity index is 595. The monoisotopic (exact) mass is 386 g/mol. The van der Waals surface area contributed by atoms with Crippen molar-refractivity contribution in [3.8, 4) is 0 Å². The highest BCUT2D eigenvalue weighted by atomic mass is 16.3. The fourth-order valence-electron chi connectivity index (χ4n) is 9.42. The largest absolute Gasteiger partial charge is 0.513 e. The van der Waals surface area contributed by atoms with E-state index in [-0.39, 0.29) is 0 Å². The van der Waals surface area contributed by atoms with Crippen LogP contribution in [0.5, 0.6) is 0 Å². The molecule has 4 fully saturated rings. The molecule has 0 aliphatic heterocycles. The number of rotatable bonds is 4. The molecule has 4 saturated carbocycles. The third kappa shape index (κ3) is 3.18. The van der Waals surface area contributed by atoms with Gasteiger partial charge in [-0.25, -0.2) is 0 Å². The molecule has 160 valence electrons. The summed E-state index contributed by atoms with van der Waals surface area (Å²) in [5.41, 5.74) is 1.17. The predicted molar refractivity (Wildman–Crippen MR) is 119 cm³/mol. The molecule has 0 aromatic rings. The molecule has 0 amide bonds. The Hall–Kier alpha value is -0.460. The van der Waals surface area contributed by atoms with E-state index < -0.39 is 0 Å². The van der Waals surface area contributed by atoms with Gasteiger partial charge in [-0.05, 0) is 110 Å². The molecule has 0 saturated heterocycles. The molecule has 4 rings (SSSR count). The zero-order chi connectivity index (χ0) is 20.3. The summed E-state index contributed by atoms with van der Waals surface area (Å²) in [6.45, 7) is 16.7. The molecule has 0 heterocycles. The van der Waals surface area contributed by atoms with E-state index in [1.807, 2.05) is 0 Å². The highest BCUT2D eigenvalue weighted by molar-refractivity contribution is 5.11. The van der Waals surface area contributed by atoms with Gasteiger partial charge >= 0.3 is 0 Å². The summed E-state index contributed by atoms with van der Waals surface area (Å²) in [4.78, 5) is 0. The molecule has 10 unspecified atom stereocenters. The molecule has 4 aliphatic carbocycles. The van der Waals surface area contributed by atoms with E-state index >= 15 is 0 Å². The van der Waals surface area contributed by atoms with E-state index in [1.165, 1.54) is 51.4 Å². The molecule has 28 heavy (non-hydrogen) atoms. The minimum absolute atomic E-state index is 0.377. The molecule has 0 bridgehead atoms. The lowest BCUT2D eigenvalue weighted by Crippen LogP contribution is -2.56. The number of hydrogen-bond acceptors (Lipinski definition) is 1. The highest BCUT2D eigenvalue weighted by Crippen LogP contribution is 2.69. The van der Waals surface area contributed by atoms with Gasteiger partial charge in [0.1, 0.15) is 0 Å². The molecule has 1 N–H and O–H groups in total. The van der Waals surface area contributed by atoms with Crippen LogP contribution in [0.2, 0.25) is 0 Å². The maximum absolute atomic E-state index is 9.59. The minimum atomic E-state index is 0.377. The first-order valence-corrected chi connectivity index (χ1v) is 12.5. The lowest BCUT2D eigenvalue weighted by atomic mass is 9.42. The zero-order valence-electron chi connectivity index (χ0n) is 19.3. The van der Waals surface area contributed by atoms with Crippen molar-refractivity contribution in [1.29, 1.82) is 0 Å². The molecular formula is C27H46O. The van der Waals surface area contributed by atoms with Gasteiger partial charge in [-0.1, -0.05) is 47.6 Å². The van der Waals surface area contributed by atoms with Crippen molar-refractivity contribution in [2.75, 3.05) is 0 Å². The van der Waals surface area contributed by atoms with Crippen molar-refractivity contribution in [2.45, 2.75) is 98.8 Å². The third-order valence-electron chi connectivity index (χ3n) is 10.9. The van der Waals surface area contributed by atoms with Crippen molar-refractivity contribution in [1.82, 2.24) is 0 Å². The van der Waals surface area contributed by atoms with E-state index in [0.717, 1.165) is 54.3 Å². The van der Waals surface area contributed by atoms with Crippen molar-refractivity contribution in [2.24, 2.45) is 58.2 Å². The van der Waals surface area contributed by atoms with Crippen LogP contribution >= 0.6 is 0 Å². The van der Waals surface area contributed by atoms with Gasteiger partial charge in [-0.2, -0.15) is 0 Å². The van der Waals surface area contributed by atoms with Crippen LogP contribution in [0.3, 0.4) is 0 Å². The van der Waals surface area contributed by atoms with Gasteiger partial charge in [-0.3, -0.25) is 0 Å². The Morgan fingerprint density at radius 3 is 2.39 bits per heavy atom. The molecule has 0 spiro atoms. The smallest absolute Gasteiger partial charge is 0.0851 e. The molecule has 1 heteroatoms. The Morgan fingerprint density at radius 2 is 1.68 bits per heavy atom. The van der Waals surface area contributed by atoms with Crippen LogP contribution in [0.25, 0.3) is 0 Å². The molecule has 4 aliphatic rings. The van der Waals surface area contributed by atoms with Gasteiger partial charge in [0.25, 0.3) is 0 Å². The van der Waals surface area contributed by atoms with E-state index in [9.17, 15) is 5.11 Å². The van der Waals surface area contributed by atoms with E-state index in [0.29, 0.717) is 22.5 Å². The second-order valence-corrected chi connectivity index (χ2v) is 12.4. The van der Waals surface area contributed by atoms with Gasteiger partial charge < -0.3 is 5.11 Å². The summed E-state index contributed by atoms with van der Waals surface area (Å²) in [5, 5.41) is 9.59. The van der Waals surface area contributed by atoms with Crippen molar-refractivity contribution >= 4 is 0 Å². The number of hydrogen-bond donors (Lipinski definition) is 1. The van der Waals surface area contributed by atoms with Gasteiger partial charge in [0.05, 0.1) is 5.76 Å². The van der Waals surface area contributed by atoms with Crippen LogP contribution in [-0.4, -0.2) is 5.11 Å². The lowest BCUT2D eigenvalue weighted by Gasteiger charge is -2.63. The Kier molecular flexibility index (Phi) is 5.46. The predicted octanol–water partition coefficient (Wildman–Crippen LogP) is 8.02. The molecule has 1 nitrogen and oxygen atoms in total. The molecule has 0 aromatic carbocycles. The molecule has 0 aromatic heterocycles. The second kappa shape index (κ2) is 7.35. The van der Waals surface area contributed by atoms with E-state index in [4.69, 9.17) is 0 Å². The van der Waals surface area contributed by atoms with Crippen LogP contribution in [0.1, 0.15) is 98.8 Å². The van der Waals surface area contributed by atoms with Gasteiger partial charge in [-0.15, -0.1) is 0 Å². The summed E-state index contributed by atoms with van der Waals surface area (Å²) >= 11 is 0. The van der Waals surface area contributed by atoms with Crippen molar-refractivity contribution in [3.63, 3.8) is 0 Å². The molecule has 0 radical (unpaired) electrons. The van der Waals surface area contributed by atoms with Crippen molar-refractivity contribution < 1.29 is 5.11 Å². The third-order valence-corrected chi connectivity index (χ3v) is 10.9. The summed E-state index contributed by atoms with van der Waals surface area (Å²) in [7, 11) is 0. The summed E-state index contributed by atoms with van der Waals surface area (Å²) in [6, 6.07) is 0. The van der Waals surface area contributed by atoms with Gasteiger partial charge in [0.2, 0.25) is 0 Å². The van der Waals surface area contributed by atoms with E-state index in [2.05, 4.69) is 41.2 Å². The average Bonchev–Trinajstić information content (AvgIpc) is 2.98. The van der Waals surface area contributed by atoms with Crippen LogP contribution in [-0.2, 0) is 0 Å². The lowest BCUT2D eigenvalue weighted by molar-refractivity contribution is -0.142. The van der Waals surface area contributed by atoms with Crippen LogP contribution < -0.4 is 0 Å². The Morgan fingerprint density at radius 1 is 1.00 bits per heavy atom. The second-order valence-electron chi connectivity index (χ2n) is 12.4. The van der Waals surface area contributed by atoms with E-state index in [1.54, 1.807) is 0 Å². The molecule has 10 atom stereocenters. The SMILES string of the molecule is C=C(O)CCC(C)C1CCC2C3C(C)CC4CC(C)CCC4(C)C3CCC12C. The topological polar surface area (TPSA) is 20.2 Å². The zero-order valence-corrected chi connectivity index (χ0v) is 19.3. The quantitative estimate of drug-likeness (QED) is 0.485. The minimum Gasteiger partial charge on any atom is -0.513 e. The normalized spacial score (nSPS) is 51.7. The summed E-state index contributed by atoms with van der Waals surface area (Å²) < 4.78 is 0. The van der Waals surface area contributed by atoms with Gasteiger partial charge in [0, 0.05) is 6.42 Å². The van der Waals surface area contributed by atoms with Crippen LogP contribution in [0.15, 0.2) is 12.3 Å². The van der Waals surface area contributed by atoms with Gasteiger partial charge in [0.15, 0.2) is 0 Å². The first kappa shape index (κ1) is 20.8. The fourth-order valence-corrected chi connectivity index (χ4v) is 9.42. The first-order chi connectivity index (χ1) is 13.2. The average molecular weight is 387 g/mol. The molecular weight excluding hydrogens is 340 g/mol. The van der Waals surface area contributed by atoms with Crippen LogP contribution in [0.4, 0.5) is 0 Å².